The van der Waals surface area contributed by atoms with Crippen LogP contribution in [0, 0.1) is 0 Å². The van der Waals surface area contributed by atoms with Crippen molar-refractivity contribution < 1.29 is 19.4 Å². The van der Waals surface area contributed by atoms with E-state index in [0.717, 1.165) is 5.56 Å². The van der Waals surface area contributed by atoms with Crippen LogP contribution in [0.4, 0.5) is 0 Å². The molecule has 1 amide bonds. The molecule has 0 unspecified atom stereocenters. The van der Waals surface area contributed by atoms with Crippen LogP contribution in [0.5, 0.6) is 0 Å². The van der Waals surface area contributed by atoms with E-state index in [2.05, 4.69) is 5.32 Å². The molecular formula is C14H19ClN2O4. The average Bonchev–Trinajstić information content (AvgIpc) is 2.43. The predicted molar refractivity (Wildman–Crippen MR) is 79.3 cm³/mol. The molecule has 21 heavy (non-hydrogen) atoms. The van der Waals surface area contributed by atoms with E-state index in [0.29, 0.717) is 24.7 Å². The predicted octanol–water partition coefficient (Wildman–Crippen LogP) is 0.989. The molecule has 0 aliphatic heterocycles. The van der Waals surface area contributed by atoms with Crippen LogP contribution in [0.25, 0.3) is 0 Å². The summed E-state index contributed by atoms with van der Waals surface area (Å²) in [7, 11) is 1.52. The van der Waals surface area contributed by atoms with Crippen LogP contribution in [0.1, 0.15) is 5.56 Å². The Morgan fingerprint density at radius 1 is 1.33 bits per heavy atom. The number of nitrogens with zero attached hydrogens (tertiary/aromatic N) is 1. The van der Waals surface area contributed by atoms with Crippen molar-refractivity contribution in [1.29, 1.82) is 0 Å². The van der Waals surface area contributed by atoms with Gasteiger partial charge in [-0.1, -0.05) is 29.8 Å². The molecule has 0 aliphatic carbocycles. The second kappa shape index (κ2) is 9.33. The van der Waals surface area contributed by atoms with Crippen LogP contribution >= 0.6 is 11.6 Å². The first-order valence-corrected chi connectivity index (χ1v) is 6.84. The first kappa shape index (κ1) is 17.4. The SMILES string of the molecule is COCCN(CC(=O)O)CC(=O)NCc1ccccc1Cl. The molecule has 1 aromatic rings. The molecule has 0 heterocycles. The molecule has 0 saturated heterocycles. The Morgan fingerprint density at radius 2 is 2.05 bits per heavy atom. The van der Waals surface area contributed by atoms with E-state index >= 15 is 0 Å². The molecule has 0 saturated carbocycles. The van der Waals surface area contributed by atoms with Crippen LogP contribution < -0.4 is 5.32 Å². The van der Waals surface area contributed by atoms with Crippen molar-refractivity contribution in [2.24, 2.45) is 0 Å². The van der Waals surface area contributed by atoms with Crippen LogP contribution in [-0.2, 0) is 20.9 Å². The molecule has 0 spiro atoms. The number of benzene rings is 1. The van der Waals surface area contributed by atoms with Gasteiger partial charge in [0.2, 0.25) is 5.91 Å². The van der Waals surface area contributed by atoms with E-state index in [-0.39, 0.29) is 19.0 Å². The quantitative estimate of drug-likeness (QED) is 0.710. The van der Waals surface area contributed by atoms with Gasteiger partial charge in [-0.05, 0) is 11.6 Å². The molecule has 1 rings (SSSR count). The Bertz CT molecular complexity index is 482. The number of ether oxygens (including phenoxy) is 1. The highest BCUT2D eigenvalue weighted by molar-refractivity contribution is 6.31. The third-order valence-corrected chi connectivity index (χ3v) is 3.14. The van der Waals surface area contributed by atoms with Gasteiger partial charge in [0.05, 0.1) is 19.7 Å². The van der Waals surface area contributed by atoms with Gasteiger partial charge in [-0.15, -0.1) is 0 Å². The minimum atomic E-state index is -0.981. The summed E-state index contributed by atoms with van der Waals surface area (Å²) in [6, 6.07) is 7.22. The summed E-state index contributed by atoms with van der Waals surface area (Å²) in [5, 5.41) is 12.1. The highest BCUT2D eigenvalue weighted by Crippen LogP contribution is 2.14. The Balaban J connectivity index is 2.46. The van der Waals surface area contributed by atoms with Gasteiger partial charge in [0, 0.05) is 25.2 Å². The third-order valence-electron chi connectivity index (χ3n) is 2.77. The van der Waals surface area contributed by atoms with Gasteiger partial charge in [-0.3, -0.25) is 14.5 Å². The second-order valence-electron chi connectivity index (χ2n) is 4.47. The molecule has 2 N–H and O–H groups in total. The lowest BCUT2D eigenvalue weighted by molar-refractivity contribution is -0.138. The first-order valence-electron chi connectivity index (χ1n) is 6.46. The van der Waals surface area contributed by atoms with Crippen molar-refractivity contribution in [3.63, 3.8) is 0 Å². The van der Waals surface area contributed by atoms with Gasteiger partial charge in [0.15, 0.2) is 0 Å². The molecule has 0 radical (unpaired) electrons. The van der Waals surface area contributed by atoms with E-state index in [1.54, 1.807) is 6.07 Å². The number of carbonyl (C=O) groups is 2. The van der Waals surface area contributed by atoms with E-state index < -0.39 is 5.97 Å². The van der Waals surface area contributed by atoms with Crippen molar-refractivity contribution in [2.75, 3.05) is 33.4 Å². The van der Waals surface area contributed by atoms with Crippen LogP contribution in [0.3, 0.4) is 0 Å². The number of methoxy groups -OCH3 is 1. The summed E-state index contributed by atoms with van der Waals surface area (Å²) in [4.78, 5) is 24.1. The largest absolute Gasteiger partial charge is 0.480 e. The van der Waals surface area contributed by atoms with E-state index in [1.807, 2.05) is 18.2 Å². The van der Waals surface area contributed by atoms with Crippen molar-refractivity contribution in [3.05, 3.63) is 34.9 Å². The molecule has 1 aromatic carbocycles. The minimum absolute atomic E-state index is 0.000112. The fourth-order valence-corrected chi connectivity index (χ4v) is 1.92. The van der Waals surface area contributed by atoms with Crippen molar-refractivity contribution >= 4 is 23.5 Å². The van der Waals surface area contributed by atoms with E-state index in [4.69, 9.17) is 21.4 Å². The van der Waals surface area contributed by atoms with Crippen molar-refractivity contribution in [1.82, 2.24) is 10.2 Å². The lowest BCUT2D eigenvalue weighted by Crippen LogP contribution is -2.41. The normalized spacial score (nSPS) is 10.6. The van der Waals surface area contributed by atoms with Gasteiger partial charge in [0.1, 0.15) is 0 Å². The van der Waals surface area contributed by atoms with Gasteiger partial charge in [-0.2, -0.15) is 0 Å². The van der Waals surface area contributed by atoms with Gasteiger partial charge < -0.3 is 15.2 Å². The number of carboxylic acids is 1. The number of halogens is 1. The van der Waals surface area contributed by atoms with Crippen LogP contribution in [0.15, 0.2) is 24.3 Å². The summed E-state index contributed by atoms with van der Waals surface area (Å²) in [5.41, 5.74) is 0.814. The fourth-order valence-electron chi connectivity index (χ4n) is 1.72. The maximum atomic E-state index is 11.9. The molecule has 116 valence electrons. The molecule has 0 aromatic heterocycles. The Kier molecular flexibility index (Phi) is 7.74. The Hall–Kier alpha value is -1.63. The summed E-state index contributed by atoms with van der Waals surface area (Å²) >= 11 is 5.99. The fraction of sp³-hybridized carbons (Fsp3) is 0.429. The number of rotatable bonds is 9. The number of hydrogen-bond donors (Lipinski definition) is 2. The molecule has 0 bridgehead atoms. The van der Waals surface area contributed by atoms with Gasteiger partial charge in [0.25, 0.3) is 0 Å². The maximum absolute atomic E-state index is 11.9. The summed E-state index contributed by atoms with van der Waals surface area (Å²) in [6.45, 7) is 0.847. The Morgan fingerprint density at radius 3 is 2.67 bits per heavy atom. The third kappa shape index (κ3) is 7.08. The molecular weight excluding hydrogens is 296 g/mol. The smallest absolute Gasteiger partial charge is 0.317 e. The summed E-state index contributed by atoms with van der Waals surface area (Å²) < 4.78 is 4.90. The highest BCUT2D eigenvalue weighted by Gasteiger charge is 2.13. The zero-order valence-corrected chi connectivity index (χ0v) is 12.6. The highest BCUT2D eigenvalue weighted by atomic mass is 35.5. The number of aliphatic carboxylic acids is 1. The van der Waals surface area contributed by atoms with E-state index in [9.17, 15) is 9.59 Å². The standard InChI is InChI=1S/C14H19ClN2O4/c1-21-7-6-17(10-14(19)20)9-13(18)16-8-11-4-2-3-5-12(11)15/h2-5H,6-10H2,1H3,(H,16,18)(H,19,20). The second-order valence-corrected chi connectivity index (χ2v) is 4.87. The van der Waals surface area contributed by atoms with E-state index in [1.165, 1.54) is 12.0 Å². The average molecular weight is 315 g/mol. The van der Waals surface area contributed by atoms with Gasteiger partial charge in [-0.25, -0.2) is 0 Å². The lowest BCUT2D eigenvalue weighted by atomic mass is 10.2. The van der Waals surface area contributed by atoms with Crippen LogP contribution in [0.2, 0.25) is 5.02 Å². The summed E-state index contributed by atoms with van der Waals surface area (Å²) in [5.74, 6) is -1.24. The topological polar surface area (TPSA) is 78.9 Å². The first-order chi connectivity index (χ1) is 10.0. The number of carboxylic acid groups (broad SMARTS) is 1. The van der Waals surface area contributed by atoms with Crippen LogP contribution in [-0.4, -0.2) is 55.2 Å². The van der Waals surface area contributed by atoms with Crippen molar-refractivity contribution in [3.8, 4) is 0 Å². The molecule has 6 nitrogen and oxygen atoms in total. The Labute approximate surface area is 128 Å². The zero-order valence-electron chi connectivity index (χ0n) is 11.8. The summed E-state index contributed by atoms with van der Waals surface area (Å²) in [6.07, 6.45) is 0. The van der Waals surface area contributed by atoms with Gasteiger partial charge >= 0.3 is 5.97 Å². The monoisotopic (exact) mass is 314 g/mol. The number of hydrogen-bond acceptors (Lipinski definition) is 4. The number of nitrogens with one attached hydrogen (secondary N) is 1. The maximum Gasteiger partial charge on any atom is 0.317 e. The zero-order chi connectivity index (χ0) is 15.7. The molecule has 7 heteroatoms. The number of carbonyl (C=O) groups excluding carboxylic acids is 1. The van der Waals surface area contributed by atoms with Crippen molar-refractivity contribution in [2.45, 2.75) is 6.54 Å². The molecule has 0 fully saturated rings. The minimum Gasteiger partial charge on any atom is -0.480 e. The lowest BCUT2D eigenvalue weighted by Gasteiger charge is -2.19. The molecule has 0 atom stereocenters. The molecule has 0 aliphatic rings. The number of amides is 1.